The van der Waals surface area contributed by atoms with Crippen molar-refractivity contribution in [3.8, 4) is 17.2 Å². The number of aromatic hydroxyl groups is 2. The quantitative estimate of drug-likeness (QED) is 0.171. The molecule has 1 aliphatic rings. The molecular formula is C33H39N3O5. The third kappa shape index (κ3) is 7.27. The number of ether oxygens (including phenoxy) is 1. The van der Waals surface area contributed by atoms with E-state index >= 15 is 0 Å². The van der Waals surface area contributed by atoms with Gasteiger partial charge in [-0.2, -0.15) is 0 Å². The van der Waals surface area contributed by atoms with E-state index < -0.39 is 6.10 Å². The maximum Gasteiger partial charge on any atom is 0.248 e. The first kappa shape index (κ1) is 28.7. The summed E-state index contributed by atoms with van der Waals surface area (Å²) in [5, 5.41) is 35.1. The molecule has 216 valence electrons. The number of rotatable bonds is 11. The smallest absolute Gasteiger partial charge is 0.248 e. The number of aliphatic hydroxyl groups is 1. The Bertz CT molecular complexity index is 1510. The number of aromatic nitrogens is 1. The second-order valence-electron chi connectivity index (χ2n) is 11.0. The molecule has 8 nitrogen and oxygen atoms in total. The largest absolute Gasteiger partial charge is 0.508 e. The van der Waals surface area contributed by atoms with E-state index in [1.54, 1.807) is 12.1 Å². The van der Waals surface area contributed by atoms with Gasteiger partial charge in [-0.25, -0.2) is 0 Å². The van der Waals surface area contributed by atoms with Gasteiger partial charge < -0.3 is 35.3 Å². The summed E-state index contributed by atoms with van der Waals surface area (Å²) >= 11 is 0. The third-order valence-electron chi connectivity index (χ3n) is 7.98. The summed E-state index contributed by atoms with van der Waals surface area (Å²) in [6.45, 7) is 3.64. The molecule has 8 heteroatoms. The van der Waals surface area contributed by atoms with Crippen molar-refractivity contribution in [2.75, 3.05) is 33.3 Å². The van der Waals surface area contributed by atoms with E-state index in [-0.39, 0.29) is 11.3 Å². The number of pyridine rings is 1. The molecule has 1 aromatic heterocycles. The number of benzene rings is 3. The van der Waals surface area contributed by atoms with Crippen LogP contribution in [0.15, 0.2) is 71.5 Å². The molecule has 2 heterocycles. The molecule has 1 unspecified atom stereocenters. The molecule has 1 aliphatic heterocycles. The Kier molecular flexibility index (Phi) is 9.24. The maximum absolute atomic E-state index is 11.6. The van der Waals surface area contributed by atoms with Crippen LogP contribution in [-0.2, 0) is 13.0 Å². The minimum atomic E-state index is -0.805. The molecule has 41 heavy (non-hydrogen) atoms. The first-order valence-corrected chi connectivity index (χ1v) is 14.3. The van der Waals surface area contributed by atoms with Crippen LogP contribution in [0.5, 0.6) is 17.2 Å². The molecule has 0 aliphatic carbocycles. The number of aryl methyl sites for hydroxylation is 1. The maximum atomic E-state index is 11.6. The Morgan fingerprint density at radius 1 is 0.976 bits per heavy atom. The highest BCUT2D eigenvalue weighted by Crippen LogP contribution is 2.34. The van der Waals surface area contributed by atoms with E-state index in [0.717, 1.165) is 55.6 Å². The van der Waals surface area contributed by atoms with Crippen LogP contribution in [0, 0.1) is 0 Å². The summed E-state index contributed by atoms with van der Waals surface area (Å²) in [4.78, 5) is 16.6. The summed E-state index contributed by atoms with van der Waals surface area (Å²) in [5.74, 6) is 1.63. The van der Waals surface area contributed by atoms with Crippen LogP contribution < -0.4 is 15.6 Å². The van der Waals surface area contributed by atoms with Crippen LogP contribution >= 0.6 is 0 Å². The molecule has 1 atom stereocenters. The number of phenolic OH excluding ortho intramolecular Hbond substituents is 2. The highest BCUT2D eigenvalue weighted by Gasteiger charge is 2.21. The molecule has 1 saturated heterocycles. The Balaban J connectivity index is 1.06. The third-order valence-corrected chi connectivity index (χ3v) is 7.98. The van der Waals surface area contributed by atoms with Gasteiger partial charge in [-0.15, -0.1) is 0 Å². The zero-order valence-corrected chi connectivity index (χ0v) is 23.5. The summed E-state index contributed by atoms with van der Waals surface area (Å²) in [6.07, 6.45) is 3.15. The van der Waals surface area contributed by atoms with Gasteiger partial charge >= 0.3 is 0 Å². The topological polar surface area (TPSA) is 118 Å². The summed E-state index contributed by atoms with van der Waals surface area (Å²) < 4.78 is 5.96. The standard InChI is InChI=1S/C33H39N3O5/c1-36-16-14-24(15-17-36)28-19-22(6-11-29(28)37)3-2-18-41-25-7-4-23(5-8-25)20-34-21-31(39)26-9-12-30(38)33-27(26)10-13-32(40)35-33/h4-13,19,24,31,34,37-39H,2-3,14-18,20-21H2,1H3,(H,35,40). The van der Waals surface area contributed by atoms with Crippen LogP contribution in [0.25, 0.3) is 10.9 Å². The van der Waals surface area contributed by atoms with E-state index in [2.05, 4.69) is 28.3 Å². The van der Waals surface area contributed by atoms with Gasteiger partial charge in [0.25, 0.3) is 0 Å². The minimum absolute atomic E-state index is 0.0265. The first-order valence-electron chi connectivity index (χ1n) is 14.3. The van der Waals surface area contributed by atoms with Crippen LogP contribution in [0.2, 0.25) is 0 Å². The number of piperidine rings is 1. The van der Waals surface area contributed by atoms with Gasteiger partial charge in [0.1, 0.15) is 17.2 Å². The van der Waals surface area contributed by atoms with E-state index in [9.17, 15) is 20.1 Å². The predicted molar refractivity (Wildman–Crippen MR) is 161 cm³/mol. The average Bonchev–Trinajstić information content (AvgIpc) is 2.98. The number of fused-ring (bicyclic) bond motifs is 1. The average molecular weight is 558 g/mol. The van der Waals surface area contributed by atoms with Gasteiger partial charge in [-0.3, -0.25) is 4.79 Å². The molecule has 0 saturated carbocycles. The summed E-state index contributed by atoms with van der Waals surface area (Å²) in [6, 6.07) is 20.1. The molecule has 0 radical (unpaired) electrons. The summed E-state index contributed by atoms with van der Waals surface area (Å²) in [7, 11) is 2.15. The predicted octanol–water partition coefficient (Wildman–Crippen LogP) is 4.58. The molecule has 4 aromatic rings. The van der Waals surface area contributed by atoms with Crippen LogP contribution in [-0.4, -0.2) is 58.5 Å². The lowest BCUT2D eigenvalue weighted by atomic mass is 9.87. The fraction of sp³-hybridized carbons (Fsp3) is 0.364. The van der Waals surface area contributed by atoms with Crippen molar-refractivity contribution in [2.45, 2.75) is 44.2 Å². The van der Waals surface area contributed by atoms with Crippen molar-refractivity contribution >= 4 is 10.9 Å². The number of nitrogens with zero attached hydrogens (tertiary/aromatic N) is 1. The van der Waals surface area contributed by atoms with Crippen molar-refractivity contribution in [1.29, 1.82) is 0 Å². The molecule has 5 N–H and O–H groups in total. The molecular weight excluding hydrogens is 518 g/mol. The monoisotopic (exact) mass is 557 g/mol. The Hall–Kier alpha value is -3.85. The van der Waals surface area contributed by atoms with E-state index in [1.807, 2.05) is 36.4 Å². The summed E-state index contributed by atoms with van der Waals surface area (Å²) in [5.41, 5.74) is 4.04. The number of hydrogen-bond donors (Lipinski definition) is 5. The van der Waals surface area contributed by atoms with Crippen LogP contribution in [0.3, 0.4) is 0 Å². The van der Waals surface area contributed by atoms with Crippen LogP contribution in [0.4, 0.5) is 0 Å². The highest BCUT2D eigenvalue weighted by atomic mass is 16.5. The lowest BCUT2D eigenvalue weighted by molar-refractivity contribution is 0.176. The molecule has 0 bridgehead atoms. The molecule has 1 fully saturated rings. The number of likely N-dealkylation sites (tertiary alicyclic amines) is 1. The number of nitrogens with one attached hydrogen (secondary N) is 2. The van der Waals surface area contributed by atoms with Crippen molar-refractivity contribution in [3.63, 3.8) is 0 Å². The van der Waals surface area contributed by atoms with E-state index in [0.29, 0.717) is 47.8 Å². The molecule has 0 amide bonds. The normalized spacial score (nSPS) is 15.3. The number of aliphatic hydroxyl groups excluding tert-OH is 1. The number of phenols is 2. The van der Waals surface area contributed by atoms with Gasteiger partial charge in [-0.05, 0) is 104 Å². The van der Waals surface area contributed by atoms with Gasteiger partial charge in [0.05, 0.1) is 18.2 Å². The van der Waals surface area contributed by atoms with Crippen LogP contribution in [0.1, 0.15) is 53.5 Å². The highest BCUT2D eigenvalue weighted by molar-refractivity contribution is 5.87. The Labute approximate surface area is 240 Å². The van der Waals surface area contributed by atoms with E-state index in [1.165, 1.54) is 17.7 Å². The first-order chi connectivity index (χ1) is 19.9. The second kappa shape index (κ2) is 13.2. The van der Waals surface area contributed by atoms with Crippen molar-refractivity contribution in [1.82, 2.24) is 15.2 Å². The van der Waals surface area contributed by atoms with Gasteiger partial charge in [0, 0.05) is 24.5 Å². The fourth-order valence-corrected chi connectivity index (χ4v) is 5.59. The fourth-order valence-electron chi connectivity index (χ4n) is 5.59. The molecule has 0 spiro atoms. The molecule has 3 aromatic carbocycles. The zero-order chi connectivity index (χ0) is 28.8. The van der Waals surface area contributed by atoms with Gasteiger partial charge in [0.15, 0.2) is 0 Å². The number of H-pyrrole nitrogens is 1. The zero-order valence-electron chi connectivity index (χ0n) is 23.5. The van der Waals surface area contributed by atoms with Gasteiger partial charge in [-0.1, -0.05) is 30.3 Å². The minimum Gasteiger partial charge on any atom is -0.508 e. The lowest BCUT2D eigenvalue weighted by Gasteiger charge is -2.29. The van der Waals surface area contributed by atoms with E-state index in [4.69, 9.17) is 4.74 Å². The van der Waals surface area contributed by atoms with Crippen molar-refractivity contribution in [3.05, 3.63) is 99.3 Å². The number of aromatic amines is 1. The van der Waals surface area contributed by atoms with Gasteiger partial charge in [0.2, 0.25) is 5.56 Å². The van der Waals surface area contributed by atoms with Crippen molar-refractivity contribution in [2.24, 2.45) is 0 Å². The second-order valence-corrected chi connectivity index (χ2v) is 11.0. The Morgan fingerprint density at radius 3 is 2.49 bits per heavy atom. The van der Waals surface area contributed by atoms with Crippen molar-refractivity contribution < 1.29 is 20.1 Å². The SMILES string of the molecule is CN1CCC(c2cc(CCCOc3ccc(CNCC(O)c4ccc(O)c5[nH]c(=O)ccc45)cc3)ccc2O)CC1. The lowest BCUT2D eigenvalue weighted by Crippen LogP contribution is -2.29. The molecule has 5 rings (SSSR count). The number of hydrogen-bond acceptors (Lipinski definition) is 7. The Morgan fingerprint density at radius 2 is 1.71 bits per heavy atom.